The van der Waals surface area contributed by atoms with Gasteiger partial charge < -0.3 is 68.9 Å². The summed E-state index contributed by atoms with van der Waals surface area (Å²) < 4.78 is 55.4. The Morgan fingerprint density at radius 1 is 0.500 bits per heavy atom. The van der Waals surface area contributed by atoms with E-state index < -0.39 is 18.2 Å². The van der Waals surface area contributed by atoms with Gasteiger partial charge in [0.2, 0.25) is 0 Å². The number of thioether (sulfide) groups is 1. The molecular weight excluding hydrogens is 710 g/mol. The Kier molecular flexibility index (Phi) is 45.6. The van der Waals surface area contributed by atoms with Crippen molar-refractivity contribution in [2.75, 3.05) is 152 Å². The summed E-state index contributed by atoms with van der Waals surface area (Å²) in [5, 5.41) is 2.45. The van der Waals surface area contributed by atoms with Crippen molar-refractivity contribution in [1.29, 1.82) is 0 Å². The summed E-state index contributed by atoms with van der Waals surface area (Å²) in [6, 6.07) is -1.61. The fourth-order valence-corrected chi connectivity index (χ4v) is 3.72. The van der Waals surface area contributed by atoms with Crippen LogP contribution >= 0.6 is 11.8 Å². The number of amides is 1. The Morgan fingerprint density at radius 2 is 0.885 bits per heavy atom. The highest BCUT2D eigenvalue weighted by Gasteiger charge is 2.18. The molecule has 3 atom stereocenters. The second-order valence-electron chi connectivity index (χ2n) is 10.5. The molecule has 1 amide bonds. The minimum Gasteiger partial charge on any atom is -0.447 e. The van der Waals surface area contributed by atoms with Crippen molar-refractivity contribution in [2.24, 2.45) is 11.5 Å². The van der Waals surface area contributed by atoms with E-state index in [1.165, 1.54) is 20.8 Å². The van der Waals surface area contributed by atoms with E-state index in [0.717, 1.165) is 5.75 Å². The lowest BCUT2D eigenvalue weighted by molar-refractivity contribution is -0.121. The molecule has 0 aromatic carbocycles. The van der Waals surface area contributed by atoms with Gasteiger partial charge in [0.25, 0.3) is 0 Å². The Bertz CT molecular complexity index is 800. The number of Topliss-reactive ketones (excluding diaryl/α,β-unsaturated/α-hetero) is 3. The van der Waals surface area contributed by atoms with Crippen LogP contribution in [0, 0.1) is 0 Å². The van der Waals surface area contributed by atoms with E-state index in [1.807, 2.05) is 0 Å². The highest BCUT2D eigenvalue weighted by Crippen LogP contribution is 2.02. The minimum absolute atomic E-state index is 0.0396. The zero-order chi connectivity index (χ0) is 39.7. The highest BCUT2D eigenvalue weighted by atomic mass is 32.2. The lowest BCUT2D eigenvalue weighted by atomic mass is 10.2. The van der Waals surface area contributed by atoms with Gasteiger partial charge in [-0.25, -0.2) is 4.79 Å². The van der Waals surface area contributed by atoms with Crippen molar-refractivity contribution < 1.29 is 71.3 Å². The third kappa shape index (κ3) is 44.3. The molecule has 0 aromatic heterocycles. The van der Waals surface area contributed by atoms with Crippen LogP contribution in [0.1, 0.15) is 20.8 Å². The molecule has 19 heteroatoms. The molecular formula is C33H67N3O15S. The SMILES string of the molecule is COCCOCCOC[C@H](N)C(C)=O.COCCOCCOC[C@H](NC(=O)OCCOCCOC)C(C)=O.COCCOCCSC[C@H](N)C(C)=O. The van der Waals surface area contributed by atoms with Crippen LogP contribution in [0.25, 0.3) is 0 Å². The first-order chi connectivity index (χ1) is 25.0. The fraction of sp³-hybridized carbons (Fsp3) is 0.879. The molecule has 0 heterocycles. The molecule has 0 unspecified atom stereocenters. The molecule has 0 aliphatic carbocycles. The molecule has 0 aromatic rings. The number of methoxy groups -OCH3 is 4. The van der Waals surface area contributed by atoms with Gasteiger partial charge >= 0.3 is 6.09 Å². The summed E-state index contributed by atoms with van der Waals surface area (Å²) in [6.07, 6.45) is -0.689. The first-order valence-electron chi connectivity index (χ1n) is 16.9. The number of nitrogens with two attached hydrogens (primary N) is 2. The van der Waals surface area contributed by atoms with Crippen LogP contribution in [0.15, 0.2) is 0 Å². The van der Waals surface area contributed by atoms with Gasteiger partial charge in [-0.3, -0.25) is 14.4 Å². The van der Waals surface area contributed by atoms with Gasteiger partial charge in [-0.05, 0) is 20.8 Å². The maximum absolute atomic E-state index is 11.6. The molecule has 0 aliphatic heterocycles. The summed E-state index contributed by atoms with van der Waals surface area (Å²) in [5.41, 5.74) is 11.0. The van der Waals surface area contributed by atoms with E-state index in [9.17, 15) is 19.2 Å². The van der Waals surface area contributed by atoms with E-state index >= 15 is 0 Å². The fourth-order valence-electron chi connectivity index (χ4n) is 2.83. The van der Waals surface area contributed by atoms with Crippen LogP contribution in [0.4, 0.5) is 4.79 Å². The van der Waals surface area contributed by atoms with Crippen molar-refractivity contribution >= 4 is 35.2 Å². The molecule has 5 N–H and O–H groups in total. The number of carbonyl (C=O) groups excluding carboxylic acids is 4. The average molecular weight is 778 g/mol. The lowest BCUT2D eigenvalue weighted by Crippen LogP contribution is -2.43. The van der Waals surface area contributed by atoms with Crippen LogP contribution in [-0.4, -0.2) is 194 Å². The van der Waals surface area contributed by atoms with E-state index in [4.69, 9.17) is 63.6 Å². The van der Waals surface area contributed by atoms with Gasteiger partial charge in [0.05, 0.1) is 118 Å². The molecule has 0 saturated heterocycles. The van der Waals surface area contributed by atoms with Crippen molar-refractivity contribution in [1.82, 2.24) is 5.32 Å². The zero-order valence-electron chi connectivity index (χ0n) is 32.4. The number of carbonyl (C=O) groups is 4. The van der Waals surface area contributed by atoms with Crippen molar-refractivity contribution in [3.05, 3.63) is 0 Å². The smallest absolute Gasteiger partial charge is 0.407 e. The number of rotatable bonds is 34. The molecule has 18 nitrogen and oxygen atoms in total. The number of hydrogen-bond donors (Lipinski definition) is 3. The Labute approximate surface area is 314 Å². The summed E-state index contributed by atoms with van der Waals surface area (Å²) >= 11 is 1.64. The summed E-state index contributed by atoms with van der Waals surface area (Å²) in [7, 11) is 6.42. The van der Waals surface area contributed by atoms with Crippen molar-refractivity contribution in [2.45, 2.75) is 38.9 Å². The van der Waals surface area contributed by atoms with Gasteiger partial charge in [0.15, 0.2) is 5.78 Å². The highest BCUT2D eigenvalue weighted by molar-refractivity contribution is 7.99. The van der Waals surface area contributed by atoms with Gasteiger partial charge in [0, 0.05) is 39.9 Å². The summed E-state index contributed by atoms with van der Waals surface area (Å²) in [6.45, 7) is 11.6. The topological polar surface area (TPSA) is 234 Å². The molecule has 52 heavy (non-hydrogen) atoms. The van der Waals surface area contributed by atoms with Gasteiger partial charge in [-0.1, -0.05) is 0 Å². The minimum atomic E-state index is -0.758. The third-order valence-corrected chi connectivity index (χ3v) is 7.06. The Hall–Kier alpha value is -1.85. The van der Waals surface area contributed by atoms with Crippen LogP contribution < -0.4 is 16.8 Å². The van der Waals surface area contributed by atoms with Gasteiger partial charge in [0.1, 0.15) is 24.2 Å². The lowest BCUT2D eigenvalue weighted by Gasteiger charge is -2.16. The van der Waals surface area contributed by atoms with Crippen molar-refractivity contribution in [3.63, 3.8) is 0 Å². The molecule has 0 fully saturated rings. The first kappa shape index (κ1) is 54.5. The van der Waals surface area contributed by atoms with Gasteiger partial charge in [-0.15, -0.1) is 0 Å². The van der Waals surface area contributed by atoms with E-state index in [2.05, 4.69) is 5.32 Å². The summed E-state index contributed by atoms with van der Waals surface area (Å²) in [4.78, 5) is 44.5. The van der Waals surface area contributed by atoms with E-state index in [0.29, 0.717) is 91.6 Å². The maximum atomic E-state index is 11.6. The third-order valence-electron chi connectivity index (χ3n) is 6.01. The van der Waals surface area contributed by atoms with E-state index in [-0.39, 0.29) is 49.8 Å². The predicted octanol–water partition coefficient (Wildman–Crippen LogP) is -0.106. The molecule has 0 spiro atoms. The second kappa shape index (κ2) is 43.6. The van der Waals surface area contributed by atoms with Crippen LogP contribution in [0.2, 0.25) is 0 Å². The number of nitrogens with one attached hydrogen (secondary N) is 1. The Balaban J connectivity index is -0.000000738. The molecule has 310 valence electrons. The zero-order valence-corrected chi connectivity index (χ0v) is 33.2. The second-order valence-corrected chi connectivity index (χ2v) is 11.7. The molecule has 0 radical (unpaired) electrons. The number of alkyl carbamates (subject to hydrolysis) is 1. The van der Waals surface area contributed by atoms with Crippen molar-refractivity contribution in [3.8, 4) is 0 Å². The monoisotopic (exact) mass is 777 g/mol. The number of ether oxygens (including phenoxy) is 11. The molecule has 0 aliphatic rings. The standard InChI is InChI=1S/C15H29NO8.C9H19NO4.C9H19NO3S/c1-13(17)14(12-23-9-8-21-6-4-19-2)16-15(18)24-11-10-22-7-5-20-3;2*1-8(11)9(10)7-14-6-5-13-4-3-12-2/h14H,4-12H2,1-3H3,(H,16,18);2*9H,3-7,10H2,1-2H3/t14-;2*9-/m000/s1. The quantitative estimate of drug-likeness (QED) is 0.0724. The van der Waals surface area contributed by atoms with E-state index in [1.54, 1.807) is 40.2 Å². The van der Waals surface area contributed by atoms with Crippen LogP contribution in [-0.2, 0) is 66.5 Å². The van der Waals surface area contributed by atoms with Gasteiger partial charge in [-0.2, -0.15) is 11.8 Å². The first-order valence-corrected chi connectivity index (χ1v) is 18.1. The normalized spacial score (nSPS) is 12.4. The average Bonchev–Trinajstić information content (AvgIpc) is 3.11. The number of hydrogen-bond acceptors (Lipinski definition) is 18. The maximum Gasteiger partial charge on any atom is 0.407 e. The Morgan fingerprint density at radius 3 is 1.31 bits per heavy atom. The molecule has 0 rings (SSSR count). The molecule has 0 bridgehead atoms. The molecule has 0 saturated carbocycles. The predicted molar refractivity (Wildman–Crippen MR) is 196 cm³/mol. The van der Waals surface area contributed by atoms with Crippen LogP contribution in [0.3, 0.4) is 0 Å². The largest absolute Gasteiger partial charge is 0.447 e. The number of ketones is 3. The summed E-state index contributed by atoms with van der Waals surface area (Å²) in [5.74, 6) is 1.29. The van der Waals surface area contributed by atoms with Crippen LogP contribution in [0.5, 0.6) is 0 Å².